The van der Waals surface area contributed by atoms with Gasteiger partial charge in [-0.2, -0.15) is 0 Å². The second-order valence-corrected chi connectivity index (χ2v) is 7.10. The summed E-state index contributed by atoms with van der Waals surface area (Å²) in [5, 5.41) is 2.84. The molecule has 1 saturated heterocycles. The molecule has 0 bridgehead atoms. The molecular formula is C12H15N3O3S. The van der Waals surface area contributed by atoms with E-state index < -0.39 is 15.4 Å². The van der Waals surface area contributed by atoms with E-state index in [1.807, 2.05) is 6.07 Å². The van der Waals surface area contributed by atoms with E-state index >= 15 is 0 Å². The van der Waals surface area contributed by atoms with Gasteiger partial charge in [0.25, 0.3) is 0 Å². The number of nitrogens with one attached hydrogen (secondary N) is 1. The van der Waals surface area contributed by atoms with Crippen LogP contribution in [0.4, 0.5) is 5.69 Å². The molecule has 0 radical (unpaired) electrons. The van der Waals surface area contributed by atoms with Crippen LogP contribution in [0.25, 0.3) is 0 Å². The molecule has 102 valence electrons. The van der Waals surface area contributed by atoms with Crippen molar-refractivity contribution in [2.45, 2.75) is 18.3 Å². The Balaban J connectivity index is 1.93. The summed E-state index contributed by atoms with van der Waals surface area (Å²) in [6.45, 7) is 0.766. The number of sulfonamides is 1. The van der Waals surface area contributed by atoms with Gasteiger partial charge in [0.05, 0.1) is 23.6 Å². The number of fused-ring (bicyclic) bond motifs is 2. The zero-order valence-electron chi connectivity index (χ0n) is 10.6. The molecule has 3 heterocycles. The topological polar surface area (TPSA) is 79.4 Å². The van der Waals surface area contributed by atoms with Crippen molar-refractivity contribution in [3.05, 3.63) is 24.0 Å². The van der Waals surface area contributed by atoms with Gasteiger partial charge in [-0.3, -0.25) is 9.78 Å². The number of amides is 1. The molecule has 3 rings (SSSR count). The molecule has 0 unspecified atom stereocenters. The van der Waals surface area contributed by atoms with Crippen molar-refractivity contribution in [3.63, 3.8) is 0 Å². The monoisotopic (exact) mass is 281 g/mol. The Hall–Kier alpha value is -1.47. The highest BCUT2D eigenvalue weighted by atomic mass is 32.2. The first-order valence-electron chi connectivity index (χ1n) is 6.14. The van der Waals surface area contributed by atoms with Gasteiger partial charge in [0.15, 0.2) is 0 Å². The van der Waals surface area contributed by atoms with Crippen LogP contribution in [0.5, 0.6) is 0 Å². The van der Waals surface area contributed by atoms with Crippen LogP contribution in [0, 0.1) is 0 Å². The molecule has 0 aliphatic carbocycles. The van der Waals surface area contributed by atoms with Gasteiger partial charge in [0, 0.05) is 19.3 Å². The van der Waals surface area contributed by atoms with Crippen LogP contribution in [0.2, 0.25) is 0 Å². The third-order valence-corrected chi connectivity index (χ3v) is 5.37. The largest absolute Gasteiger partial charge is 0.324 e. The lowest BCUT2D eigenvalue weighted by Crippen LogP contribution is -2.47. The third kappa shape index (κ3) is 1.84. The normalized spacial score (nSPS) is 22.3. The Labute approximate surface area is 111 Å². The van der Waals surface area contributed by atoms with Crippen molar-refractivity contribution < 1.29 is 13.2 Å². The van der Waals surface area contributed by atoms with Crippen molar-refractivity contribution in [2.75, 3.05) is 24.7 Å². The summed E-state index contributed by atoms with van der Waals surface area (Å²) < 4.78 is 24.5. The van der Waals surface area contributed by atoms with Crippen LogP contribution in [0.15, 0.2) is 18.5 Å². The van der Waals surface area contributed by atoms with E-state index in [9.17, 15) is 13.2 Å². The van der Waals surface area contributed by atoms with Crippen LogP contribution in [0.3, 0.4) is 0 Å². The first kappa shape index (κ1) is 12.6. The number of aromatic nitrogens is 1. The van der Waals surface area contributed by atoms with E-state index in [4.69, 9.17) is 0 Å². The highest BCUT2D eigenvalue weighted by Gasteiger charge is 2.49. The molecule has 2 aliphatic heterocycles. The molecule has 1 aromatic heterocycles. The Bertz CT molecular complexity index is 633. The lowest BCUT2D eigenvalue weighted by Gasteiger charge is -2.36. The first-order chi connectivity index (χ1) is 8.93. The SMILES string of the molecule is CS(=O)(=O)N1CCC2(CC1)C(=O)Nc1cnccc12. The number of carbonyl (C=O) groups excluding carboxylic acids is 1. The fraction of sp³-hybridized carbons (Fsp3) is 0.500. The molecule has 1 N–H and O–H groups in total. The maximum absolute atomic E-state index is 12.3. The molecule has 0 saturated carbocycles. The highest BCUT2D eigenvalue weighted by molar-refractivity contribution is 7.88. The Morgan fingerprint density at radius 1 is 1.37 bits per heavy atom. The van der Waals surface area contributed by atoms with Crippen molar-refractivity contribution in [1.29, 1.82) is 0 Å². The first-order valence-corrected chi connectivity index (χ1v) is 7.99. The molecule has 0 atom stereocenters. The summed E-state index contributed by atoms with van der Waals surface area (Å²) in [6.07, 6.45) is 5.55. The predicted molar refractivity (Wildman–Crippen MR) is 70.2 cm³/mol. The van der Waals surface area contributed by atoms with Gasteiger partial charge in [-0.1, -0.05) is 0 Å². The second-order valence-electron chi connectivity index (χ2n) is 5.12. The van der Waals surface area contributed by atoms with Gasteiger partial charge in [-0.15, -0.1) is 0 Å². The molecule has 1 fully saturated rings. The average molecular weight is 281 g/mol. The number of hydrogen-bond acceptors (Lipinski definition) is 4. The van der Waals surface area contributed by atoms with E-state index in [0.717, 1.165) is 11.3 Å². The fourth-order valence-electron chi connectivity index (χ4n) is 2.97. The predicted octanol–water partition coefficient (Wildman–Crippen LogP) is 0.327. The molecule has 2 aliphatic rings. The molecule has 7 heteroatoms. The number of pyridine rings is 1. The number of carbonyl (C=O) groups is 1. The molecular weight excluding hydrogens is 266 g/mol. The summed E-state index contributed by atoms with van der Waals surface area (Å²) in [5.74, 6) is -0.0383. The molecule has 1 amide bonds. The van der Waals surface area contributed by atoms with Crippen molar-refractivity contribution in [1.82, 2.24) is 9.29 Å². The number of hydrogen-bond donors (Lipinski definition) is 1. The van der Waals surface area contributed by atoms with Gasteiger partial charge in [-0.05, 0) is 24.5 Å². The minimum absolute atomic E-state index is 0.0383. The van der Waals surface area contributed by atoms with Crippen LogP contribution >= 0.6 is 0 Å². The van der Waals surface area contributed by atoms with Gasteiger partial charge >= 0.3 is 0 Å². The lowest BCUT2D eigenvalue weighted by molar-refractivity contribution is -0.122. The van der Waals surface area contributed by atoms with Crippen molar-refractivity contribution in [3.8, 4) is 0 Å². The van der Waals surface area contributed by atoms with E-state index in [2.05, 4.69) is 10.3 Å². The molecule has 1 aromatic rings. The van der Waals surface area contributed by atoms with Crippen LogP contribution in [-0.2, 0) is 20.2 Å². The molecule has 6 nitrogen and oxygen atoms in total. The summed E-state index contributed by atoms with van der Waals surface area (Å²) in [4.78, 5) is 16.3. The average Bonchev–Trinajstić information content (AvgIpc) is 2.63. The Morgan fingerprint density at radius 3 is 2.68 bits per heavy atom. The molecule has 1 spiro atoms. The highest BCUT2D eigenvalue weighted by Crippen LogP contribution is 2.44. The van der Waals surface area contributed by atoms with Gasteiger partial charge < -0.3 is 5.32 Å². The van der Waals surface area contributed by atoms with Crippen molar-refractivity contribution >= 4 is 21.6 Å². The summed E-state index contributed by atoms with van der Waals surface area (Å²) >= 11 is 0. The zero-order chi connectivity index (χ0) is 13.7. The summed E-state index contributed by atoms with van der Waals surface area (Å²) in [7, 11) is -3.18. The number of rotatable bonds is 1. The van der Waals surface area contributed by atoms with Gasteiger partial charge in [0.2, 0.25) is 15.9 Å². The van der Waals surface area contributed by atoms with Gasteiger partial charge in [0.1, 0.15) is 0 Å². The smallest absolute Gasteiger partial charge is 0.235 e. The Morgan fingerprint density at radius 2 is 2.05 bits per heavy atom. The van der Waals surface area contributed by atoms with Crippen LogP contribution in [-0.4, -0.2) is 43.0 Å². The molecule has 0 aromatic carbocycles. The van der Waals surface area contributed by atoms with E-state index in [1.165, 1.54) is 10.6 Å². The summed E-state index contributed by atoms with van der Waals surface area (Å²) in [5.41, 5.74) is 1.11. The van der Waals surface area contributed by atoms with Crippen LogP contribution < -0.4 is 5.32 Å². The van der Waals surface area contributed by atoms with Crippen molar-refractivity contribution in [2.24, 2.45) is 0 Å². The number of piperidine rings is 1. The van der Waals surface area contributed by atoms with E-state index in [1.54, 1.807) is 12.4 Å². The second kappa shape index (κ2) is 4.01. The quantitative estimate of drug-likeness (QED) is 0.804. The maximum atomic E-state index is 12.3. The maximum Gasteiger partial charge on any atom is 0.235 e. The Kier molecular flexibility index (Phi) is 2.65. The minimum Gasteiger partial charge on any atom is -0.324 e. The molecule has 19 heavy (non-hydrogen) atoms. The summed E-state index contributed by atoms with van der Waals surface area (Å²) in [6, 6.07) is 1.85. The minimum atomic E-state index is -3.18. The van der Waals surface area contributed by atoms with E-state index in [0.29, 0.717) is 25.9 Å². The van der Waals surface area contributed by atoms with E-state index in [-0.39, 0.29) is 5.91 Å². The zero-order valence-corrected chi connectivity index (χ0v) is 11.4. The number of nitrogens with zero attached hydrogens (tertiary/aromatic N) is 2. The fourth-order valence-corrected chi connectivity index (χ4v) is 3.82. The van der Waals surface area contributed by atoms with Crippen LogP contribution in [0.1, 0.15) is 18.4 Å². The standard InChI is InChI=1S/C12H15N3O3S/c1-19(17,18)15-6-3-12(4-7-15)9-2-5-13-8-10(9)14-11(12)16/h2,5,8H,3-4,6-7H2,1H3,(H,14,16). The lowest BCUT2D eigenvalue weighted by atomic mass is 9.74. The third-order valence-electron chi connectivity index (χ3n) is 4.06. The number of anilines is 1. The van der Waals surface area contributed by atoms with Gasteiger partial charge in [-0.25, -0.2) is 12.7 Å².